The van der Waals surface area contributed by atoms with Gasteiger partial charge in [0.05, 0.1) is 26.0 Å². The van der Waals surface area contributed by atoms with E-state index < -0.39 is 20.6 Å². The van der Waals surface area contributed by atoms with Crippen molar-refractivity contribution in [3.63, 3.8) is 0 Å². The molecule has 0 unspecified atom stereocenters. The molecule has 3 aromatic rings. The minimum atomic E-state index is -5.21. The summed E-state index contributed by atoms with van der Waals surface area (Å²) in [5.41, 5.74) is 0.963. The Kier molecular flexibility index (Phi) is 10.9. The fourth-order valence-electron chi connectivity index (χ4n) is 2.29. The molecule has 0 aliphatic rings. The number of methoxy groups -OCH3 is 1. The van der Waals surface area contributed by atoms with Crippen LogP contribution in [0, 0.1) is 0 Å². The van der Waals surface area contributed by atoms with E-state index in [2.05, 4.69) is 19.6 Å². The molecule has 0 spiro atoms. The third-order valence-electron chi connectivity index (χ3n) is 3.44. The zero-order valence-electron chi connectivity index (χ0n) is 16.0. The van der Waals surface area contributed by atoms with E-state index in [0.29, 0.717) is 11.0 Å². The minimum absolute atomic E-state index is 0. The number of amides is 1. The molecular formula is C16H14N3Na2O6PS. The monoisotopic (exact) mass is 453 g/mol. The van der Waals surface area contributed by atoms with E-state index in [1.165, 1.54) is 23.4 Å². The van der Waals surface area contributed by atoms with Gasteiger partial charge < -0.3 is 23.6 Å². The number of nitrogens with zero attached hydrogens (tertiary/aromatic N) is 2. The molecule has 0 atom stereocenters. The van der Waals surface area contributed by atoms with E-state index in [-0.39, 0.29) is 65.1 Å². The van der Waals surface area contributed by atoms with Gasteiger partial charge in [-0.15, -0.1) is 0 Å². The van der Waals surface area contributed by atoms with E-state index in [0.717, 1.165) is 9.79 Å². The van der Waals surface area contributed by atoms with Crippen molar-refractivity contribution in [2.75, 3.05) is 12.4 Å². The van der Waals surface area contributed by atoms with Crippen LogP contribution in [0.1, 0.15) is 0 Å². The molecule has 0 aliphatic carbocycles. The molecule has 1 amide bonds. The number of benzene rings is 2. The van der Waals surface area contributed by atoms with Crippen molar-refractivity contribution in [1.29, 1.82) is 0 Å². The average molecular weight is 453 g/mol. The second-order valence-corrected chi connectivity index (χ2v) is 7.55. The van der Waals surface area contributed by atoms with Gasteiger partial charge in [0.15, 0.2) is 0 Å². The van der Waals surface area contributed by atoms with Crippen molar-refractivity contribution in [3.8, 4) is 0 Å². The summed E-state index contributed by atoms with van der Waals surface area (Å²) < 4.78 is 21.0. The van der Waals surface area contributed by atoms with Gasteiger partial charge in [-0.2, -0.15) is 0 Å². The predicted octanol–water partition coefficient (Wildman–Crippen LogP) is -3.82. The summed E-state index contributed by atoms with van der Waals surface area (Å²) in [4.78, 5) is 39.3. The normalized spacial score (nSPS) is 10.7. The summed E-state index contributed by atoms with van der Waals surface area (Å²) in [6.07, 6.45) is -0.794. The van der Waals surface area contributed by atoms with Gasteiger partial charge in [0, 0.05) is 9.79 Å². The van der Waals surface area contributed by atoms with Gasteiger partial charge >= 0.3 is 65.2 Å². The van der Waals surface area contributed by atoms with E-state index in [9.17, 15) is 19.1 Å². The summed E-state index contributed by atoms with van der Waals surface area (Å²) in [6, 6.07) is 14.9. The first kappa shape index (κ1) is 26.7. The third-order valence-corrected chi connectivity index (χ3v) is 4.87. The molecule has 13 heteroatoms. The van der Waals surface area contributed by atoms with Gasteiger partial charge in [0.1, 0.15) is 6.73 Å². The number of phosphoric ester groups is 1. The number of carbonyl (C=O) groups is 1. The molecule has 0 aliphatic heterocycles. The van der Waals surface area contributed by atoms with E-state index in [4.69, 9.17) is 0 Å². The van der Waals surface area contributed by atoms with Crippen LogP contribution in [0.3, 0.4) is 0 Å². The number of imidazole rings is 1. The second kappa shape index (κ2) is 11.9. The summed E-state index contributed by atoms with van der Waals surface area (Å²) in [5.74, 6) is -0.00726. The molecule has 0 fully saturated rings. The fourth-order valence-corrected chi connectivity index (χ4v) is 3.42. The Balaban J connectivity index is 0.00000210. The van der Waals surface area contributed by atoms with Crippen LogP contribution >= 0.6 is 19.6 Å². The smallest absolute Gasteiger partial charge is 0.790 e. The van der Waals surface area contributed by atoms with Crippen LogP contribution in [0.2, 0.25) is 0 Å². The number of hydrogen-bond acceptors (Lipinski definition) is 8. The molecule has 9 nitrogen and oxygen atoms in total. The molecule has 3 rings (SSSR count). The summed E-state index contributed by atoms with van der Waals surface area (Å²) >= 11 is 1.49. The van der Waals surface area contributed by atoms with Crippen molar-refractivity contribution in [1.82, 2.24) is 9.55 Å². The van der Waals surface area contributed by atoms with Crippen molar-refractivity contribution < 1.29 is 87.5 Å². The Hall–Kier alpha value is -0.360. The van der Waals surface area contributed by atoms with Gasteiger partial charge in [0.2, 0.25) is 5.95 Å². The minimum Gasteiger partial charge on any atom is -0.790 e. The number of hydrogen-bond donors (Lipinski definition) is 1. The Bertz CT molecular complexity index is 1010. The SMILES string of the molecule is COC(=O)Nc1nc2ccc(Sc3ccccc3)cc2n1COP(=O)([O-])[O-].[Na+].[Na+]. The van der Waals surface area contributed by atoms with Gasteiger partial charge in [-0.05, 0) is 30.3 Å². The maximum atomic E-state index is 11.5. The third kappa shape index (κ3) is 7.68. The van der Waals surface area contributed by atoms with Crippen LogP contribution < -0.4 is 74.2 Å². The van der Waals surface area contributed by atoms with Crippen molar-refractivity contribution in [2.24, 2.45) is 0 Å². The van der Waals surface area contributed by atoms with Crippen molar-refractivity contribution in [2.45, 2.75) is 16.5 Å². The van der Waals surface area contributed by atoms with Crippen LogP contribution in [-0.4, -0.2) is 22.8 Å². The molecule has 0 bridgehead atoms. The number of rotatable bonds is 6. The molecule has 1 heterocycles. The summed E-state index contributed by atoms with van der Waals surface area (Å²) in [6.45, 7) is -0.625. The number of fused-ring (bicyclic) bond motifs is 1. The van der Waals surface area contributed by atoms with Gasteiger partial charge in [0.25, 0.3) is 0 Å². The zero-order chi connectivity index (χ0) is 19.4. The summed E-state index contributed by atoms with van der Waals surface area (Å²) in [7, 11) is -4.03. The van der Waals surface area contributed by atoms with Gasteiger partial charge in [-0.3, -0.25) is 9.88 Å². The number of aromatic nitrogens is 2. The molecule has 0 saturated heterocycles. The van der Waals surface area contributed by atoms with E-state index >= 15 is 0 Å². The number of anilines is 1. The predicted molar refractivity (Wildman–Crippen MR) is 95.0 cm³/mol. The largest absolute Gasteiger partial charge is 1.00 e. The Labute approximate surface area is 215 Å². The first-order chi connectivity index (χ1) is 12.9. The maximum Gasteiger partial charge on any atom is 1.00 e. The topological polar surface area (TPSA) is 129 Å². The van der Waals surface area contributed by atoms with Gasteiger partial charge in [-0.25, -0.2) is 9.78 Å². The van der Waals surface area contributed by atoms with Crippen LogP contribution in [0.25, 0.3) is 11.0 Å². The average Bonchev–Trinajstić information content (AvgIpc) is 2.96. The molecular weight excluding hydrogens is 439 g/mol. The summed E-state index contributed by atoms with van der Waals surface area (Å²) in [5, 5.41) is 2.37. The standard InChI is InChI=1S/C16H16N3O6PS.2Na/c1-24-16(20)18-15-17-13-8-7-12(27-11-5-3-2-4-6-11)9-14(13)19(15)10-25-26(21,22)23;;/h2-9H,10H2,1H3,(H,17,18,20)(H2,21,22,23);;/q;2*+1/p-2. The van der Waals surface area contributed by atoms with Crippen LogP contribution in [-0.2, 0) is 20.6 Å². The Morgan fingerprint density at radius 1 is 1.17 bits per heavy atom. The number of ether oxygens (including phenoxy) is 1. The molecule has 1 N–H and O–H groups in total. The Morgan fingerprint density at radius 3 is 2.48 bits per heavy atom. The first-order valence-electron chi connectivity index (χ1n) is 7.60. The van der Waals surface area contributed by atoms with Crippen molar-refractivity contribution >= 4 is 42.7 Å². The molecule has 29 heavy (non-hydrogen) atoms. The van der Waals surface area contributed by atoms with Crippen molar-refractivity contribution in [3.05, 3.63) is 48.5 Å². The molecule has 2 aromatic carbocycles. The number of carbonyl (C=O) groups excluding carboxylic acids is 1. The Morgan fingerprint density at radius 2 is 1.86 bits per heavy atom. The molecule has 1 aromatic heterocycles. The maximum absolute atomic E-state index is 11.5. The second-order valence-electron chi connectivity index (χ2n) is 5.25. The van der Waals surface area contributed by atoms with Crippen LogP contribution in [0.15, 0.2) is 58.3 Å². The first-order valence-corrected chi connectivity index (χ1v) is 9.88. The van der Waals surface area contributed by atoms with E-state index in [1.54, 1.807) is 12.1 Å². The quantitative estimate of drug-likeness (QED) is 0.297. The number of phosphoric acid groups is 1. The number of nitrogens with one attached hydrogen (secondary N) is 1. The van der Waals surface area contributed by atoms with Gasteiger partial charge in [-0.1, -0.05) is 30.0 Å². The molecule has 0 radical (unpaired) electrons. The molecule has 0 saturated carbocycles. The van der Waals surface area contributed by atoms with Crippen LogP contribution in [0.4, 0.5) is 10.7 Å². The van der Waals surface area contributed by atoms with Crippen LogP contribution in [0.5, 0.6) is 0 Å². The molecule has 142 valence electrons. The zero-order valence-corrected chi connectivity index (χ0v) is 21.7. The fraction of sp³-hybridized carbons (Fsp3) is 0.125. The van der Waals surface area contributed by atoms with E-state index in [1.807, 2.05) is 36.4 Å².